The van der Waals surface area contributed by atoms with E-state index in [-0.39, 0.29) is 12.5 Å². The molecule has 1 amide bonds. The van der Waals surface area contributed by atoms with Gasteiger partial charge in [0.2, 0.25) is 0 Å². The number of oxazole rings is 1. The van der Waals surface area contributed by atoms with Crippen LogP contribution in [0.25, 0.3) is 0 Å². The average molecular weight is 329 g/mol. The first-order valence-electron chi connectivity index (χ1n) is 6.30. The normalized spacial score (nSPS) is 10.4. The van der Waals surface area contributed by atoms with Gasteiger partial charge in [0, 0.05) is 18.0 Å². The lowest BCUT2D eigenvalue weighted by Gasteiger charge is -2.08. The number of ether oxygens (including phenoxy) is 1. The third-order valence-electron chi connectivity index (χ3n) is 2.58. The second-order valence-electron chi connectivity index (χ2n) is 4.33. The van der Waals surface area contributed by atoms with Gasteiger partial charge in [-0.15, -0.1) is 0 Å². The highest BCUT2D eigenvalue weighted by molar-refractivity contribution is 6.35. The first-order valence-corrected chi connectivity index (χ1v) is 7.06. The SMILES string of the molecule is Cc1cnc(CCNC(=O)COc2ccc(Cl)cc2Cl)o1. The maximum atomic E-state index is 11.6. The lowest BCUT2D eigenvalue weighted by atomic mass is 10.3. The molecule has 0 aliphatic rings. The second-order valence-corrected chi connectivity index (χ2v) is 5.17. The molecular weight excluding hydrogens is 315 g/mol. The van der Waals surface area contributed by atoms with E-state index in [0.29, 0.717) is 34.7 Å². The average Bonchev–Trinajstić information content (AvgIpc) is 2.83. The molecule has 1 aromatic carbocycles. The number of rotatable bonds is 6. The van der Waals surface area contributed by atoms with Crippen LogP contribution >= 0.6 is 23.2 Å². The second kappa shape index (κ2) is 7.33. The fraction of sp³-hybridized carbons (Fsp3) is 0.286. The minimum Gasteiger partial charge on any atom is -0.482 e. The number of nitrogens with zero attached hydrogens (tertiary/aromatic N) is 1. The van der Waals surface area contributed by atoms with Crippen molar-refractivity contribution in [1.29, 1.82) is 0 Å². The summed E-state index contributed by atoms with van der Waals surface area (Å²) in [4.78, 5) is 15.7. The molecule has 7 heteroatoms. The molecule has 0 aliphatic carbocycles. The molecule has 0 saturated carbocycles. The molecule has 2 aromatic rings. The Bertz CT molecular complexity index is 628. The van der Waals surface area contributed by atoms with E-state index in [1.165, 1.54) is 0 Å². The Morgan fingerprint density at radius 1 is 1.43 bits per heavy atom. The molecular formula is C14H14Cl2N2O3. The van der Waals surface area contributed by atoms with E-state index in [2.05, 4.69) is 10.3 Å². The molecule has 21 heavy (non-hydrogen) atoms. The van der Waals surface area contributed by atoms with Crippen LogP contribution in [0.15, 0.2) is 28.8 Å². The summed E-state index contributed by atoms with van der Waals surface area (Å²) < 4.78 is 10.6. The Morgan fingerprint density at radius 3 is 2.90 bits per heavy atom. The van der Waals surface area contributed by atoms with Gasteiger partial charge in [0.25, 0.3) is 5.91 Å². The molecule has 2 rings (SSSR count). The molecule has 0 spiro atoms. The quantitative estimate of drug-likeness (QED) is 0.885. The monoisotopic (exact) mass is 328 g/mol. The van der Waals surface area contributed by atoms with Crippen LogP contribution in [0.3, 0.4) is 0 Å². The van der Waals surface area contributed by atoms with Crippen LogP contribution < -0.4 is 10.1 Å². The van der Waals surface area contributed by atoms with Gasteiger partial charge in [-0.3, -0.25) is 4.79 Å². The maximum Gasteiger partial charge on any atom is 0.257 e. The van der Waals surface area contributed by atoms with Gasteiger partial charge in [-0.25, -0.2) is 4.98 Å². The van der Waals surface area contributed by atoms with E-state index in [9.17, 15) is 4.79 Å². The Balaban J connectivity index is 1.72. The molecule has 5 nitrogen and oxygen atoms in total. The van der Waals surface area contributed by atoms with Gasteiger partial charge in [-0.1, -0.05) is 23.2 Å². The zero-order chi connectivity index (χ0) is 15.2. The van der Waals surface area contributed by atoms with Crippen molar-refractivity contribution in [1.82, 2.24) is 10.3 Å². The summed E-state index contributed by atoms with van der Waals surface area (Å²) in [7, 11) is 0. The minimum atomic E-state index is -0.246. The topological polar surface area (TPSA) is 64.4 Å². The van der Waals surface area contributed by atoms with Crippen molar-refractivity contribution in [2.24, 2.45) is 0 Å². The molecule has 0 atom stereocenters. The summed E-state index contributed by atoms with van der Waals surface area (Å²) in [6.45, 7) is 2.13. The fourth-order valence-electron chi connectivity index (χ4n) is 1.61. The van der Waals surface area contributed by atoms with Crippen molar-refractivity contribution in [3.63, 3.8) is 0 Å². The summed E-state index contributed by atoms with van der Waals surface area (Å²) in [5, 5.41) is 3.59. The van der Waals surface area contributed by atoms with Crippen LogP contribution in [0.4, 0.5) is 0 Å². The first kappa shape index (κ1) is 15.7. The predicted molar refractivity (Wildman–Crippen MR) is 79.9 cm³/mol. The number of amides is 1. The van der Waals surface area contributed by atoms with Gasteiger partial charge in [0.05, 0.1) is 11.2 Å². The summed E-state index contributed by atoms with van der Waals surface area (Å²) in [5.74, 6) is 1.51. The molecule has 0 aliphatic heterocycles. The third-order valence-corrected chi connectivity index (χ3v) is 3.11. The molecule has 0 unspecified atom stereocenters. The third kappa shape index (κ3) is 4.95. The molecule has 1 aromatic heterocycles. The number of aromatic nitrogens is 1. The maximum absolute atomic E-state index is 11.6. The summed E-state index contributed by atoms with van der Waals surface area (Å²) in [6.07, 6.45) is 2.17. The zero-order valence-corrected chi connectivity index (χ0v) is 12.9. The smallest absolute Gasteiger partial charge is 0.257 e. The summed E-state index contributed by atoms with van der Waals surface area (Å²) in [5.41, 5.74) is 0. The van der Waals surface area contributed by atoms with Gasteiger partial charge in [0.15, 0.2) is 12.5 Å². The molecule has 0 radical (unpaired) electrons. The first-order chi connectivity index (χ1) is 10.0. The highest BCUT2D eigenvalue weighted by atomic mass is 35.5. The molecule has 0 saturated heterocycles. The van der Waals surface area contributed by atoms with Crippen LogP contribution in [0, 0.1) is 6.92 Å². The lowest BCUT2D eigenvalue weighted by Crippen LogP contribution is -2.30. The van der Waals surface area contributed by atoms with Crippen LogP contribution in [0.5, 0.6) is 5.75 Å². The van der Waals surface area contributed by atoms with E-state index in [1.807, 2.05) is 6.92 Å². The number of carbonyl (C=O) groups is 1. The lowest BCUT2D eigenvalue weighted by molar-refractivity contribution is -0.123. The predicted octanol–water partition coefficient (Wildman–Crippen LogP) is 3.03. The van der Waals surface area contributed by atoms with Crippen molar-refractivity contribution < 1.29 is 13.9 Å². The Kier molecular flexibility index (Phi) is 5.47. The standard InChI is InChI=1S/C14H14Cl2N2O3/c1-9-7-18-14(21-9)4-5-17-13(19)8-20-12-3-2-10(15)6-11(12)16/h2-3,6-7H,4-5,8H2,1H3,(H,17,19). The van der Waals surface area contributed by atoms with E-state index >= 15 is 0 Å². The molecule has 1 heterocycles. The fourth-order valence-corrected chi connectivity index (χ4v) is 2.08. The number of aryl methyl sites for hydroxylation is 1. The molecule has 0 bridgehead atoms. The molecule has 1 N–H and O–H groups in total. The number of carbonyl (C=O) groups excluding carboxylic acids is 1. The van der Waals surface area contributed by atoms with Crippen LogP contribution in [0.2, 0.25) is 10.0 Å². The van der Waals surface area contributed by atoms with Gasteiger partial charge in [-0.05, 0) is 25.1 Å². The Labute approximate surface area is 132 Å². The van der Waals surface area contributed by atoms with E-state index in [0.717, 1.165) is 5.76 Å². The number of benzene rings is 1. The highest BCUT2D eigenvalue weighted by Gasteiger charge is 2.07. The van der Waals surface area contributed by atoms with Gasteiger partial charge < -0.3 is 14.5 Å². The van der Waals surface area contributed by atoms with E-state index < -0.39 is 0 Å². The van der Waals surface area contributed by atoms with Gasteiger partial charge >= 0.3 is 0 Å². The Morgan fingerprint density at radius 2 is 2.24 bits per heavy atom. The molecule has 112 valence electrons. The van der Waals surface area contributed by atoms with Crippen LogP contribution in [0.1, 0.15) is 11.7 Å². The van der Waals surface area contributed by atoms with E-state index in [4.69, 9.17) is 32.4 Å². The van der Waals surface area contributed by atoms with Crippen LogP contribution in [-0.2, 0) is 11.2 Å². The molecule has 0 fully saturated rings. The van der Waals surface area contributed by atoms with Crippen molar-refractivity contribution in [3.8, 4) is 5.75 Å². The number of hydrogen-bond donors (Lipinski definition) is 1. The largest absolute Gasteiger partial charge is 0.482 e. The minimum absolute atomic E-state index is 0.119. The number of hydrogen-bond acceptors (Lipinski definition) is 4. The Hall–Kier alpha value is -1.72. The highest BCUT2D eigenvalue weighted by Crippen LogP contribution is 2.27. The van der Waals surface area contributed by atoms with Crippen molar-refractivity contribution in [2.75, 3.05) is 13.2 Å². The van der Waals surface area contributed by atoms with Gasteiger partial charge in [0.1, 0.15) is 11.5 Å². The van der Waals surface area contributed by atoms with Crippen LogP contribution in [-0.4, -0.2) is 24.0 Å². The van der Waals surface area contributed by atoms with E-state index in [1.54, 1.807) is 24.4 Å². The summed E-state index contributed by atoms with van der Waals surface area (Å²) >= 11 is 11.7. The van der Waals surface area contributed by atoms with Crippen molar-refractivity contribution in [2.45, 2.75) is 13.3 Å². The number of nitrogens with one attached hydrogen (secondary N) is 1. The number of halogens is 2. The summed E-state index contributed by atoms with van der Waals surface area (Å²) in [6, 6.07) is 4.82. The van der Waals surface area contributed by atoms with Gasteiger partial charge in [-0.2, -0.15) is 0 Å². The van der Waals surface area contributed by atoms with Crippen molar-refractivity contribution in [3.05, 3.63) is 46.1 Å². The van der Waals surface area contributed by atoms with Crippen molar-refractivity contribution >= 4 is 29.1 Å². The zero-order valence-electron chi connectivity index (χ0n) is 11.4.